The highest BCUT2D eigenvalue weighted by Gasteiger charge is 2.35. The zero-order valence-electron chi connectivity index (χ0n) is 18.8. The second-order valence-electron chi connectivity index (χ2n) is 8.42. The minimum absolute atomic E-state index is 0.0436. The first-order valence-corrected chi connectivity index (χ1v) is 12.1. The quantitative estimate of drug-likeness (QED) is 0.630. The van der Waals surface area contributed by atoms with Crippen LogP contribution in [0.25, 0.3) is 0 Å². The van der Waals surface area contributed by atoms with Gasteiger partial charge in [-0.3, -0.25) is 4.79 Å². The lowest BCUT2D eigenvalue weighted by Crippen LogP contribution is -2.38. The standard InChI is InChI=1S/C23H28F3N3O3S/c1-28(2)18-12-13-21(20(15-18)23(24,25)26)27-22(30)16-8-7-11-19(14-16)33(31,32)29(3)17-9-5-4-6-10-17/h7-8,11-15,17H,4-6,9-10H2,1-3H3,(H,27,30). The molecule has 1 fully saturated rings. The van der Waals surface area contributed by atoms with Gasteiger partial charge in [-0.1, -0.05) is 25.3 Å². The number of hydrogen-bond acceptors (Lipinski definition) is 4. The van der Waals surface area contributed by atoms with Gasteiger partial charge in [-0.25, -0.2) is 8.42 Å². The second-order valence-corrected chi connectivity index (χ2v) is 10.4. The van der Waals surface area contributed by atoms with Gasteiger partial charge in [0, 0.05) is 38.4 Å². The molecule has 0 aliphatic heterocycles. The van der Waals surface area contributed by atoms with Crippen molar-refractivity contribution in [2.24, 2.45) is 0 Å². The molecule has 6 nitrogen and oxygen atoms in total. The van der Waals surface area contributed by atoms with E-state index in [1.165, 1.54) is 52.7 Å². The van der Waals surface area contributed by atoms with Gasteiger partial charge in [0.1, 0.15) is 0 Å². The van der Waals surface area contributed by atoms with E-state index >= 15 is 0 Å². The van der Waals surface area contributed by atoms with Crippen molar-refractivity contribution in [1.29, 1.82) is 0 Å². The van der Waals surface area contributed by atoms with Crippen LogP contribution >= 0.6 is 0 Å². The number of amides is 1. The van der Waals surface area contributed by atoms with Gasteiger partial charge in [0.25, 0.3) is 5.91 Å². The molecule has 0 spiro atoms. The van der Waals surface area contributed by atoms with Crippen LogP contribution in [0.5, 0.6) is 0 Å². The van der Waals surface area contributed by atoms with E-state index in [1.54, 1.807) is 14.1 Å². The maximum Gasteiger partial charge on any atom is 0.418 e. The summed E-state index contributed by atoms with van der Waals surface area (Å²) in [5.41, 5.74) is -1.09. The molecule has 0 heterocycles. The predicted octanol–water partition coefficient (Wildman–Crippen LogP) is 4.98. The summed E-state index contributed by atoms with van der Waals surface area (Å²) in [5.74, 6) is -0.824. The van der Waals surface area contributed by atoms with E-state index in [-0.39, 0.29) is 16.5 Å². The van der Waals surface area contributed by atoms with Crippen molar-refractivity contribution in [3.8, 4) is 0 Å². The number of sulfonamides is 1. The van der Waals surface area contributed by atoms with Crippen molar-refractivity contribution in [2.75, 3.05) is 31.4 Å². The third-order valence-corrected chi connectivity index (χ3v) is 7.84. The van der Waals surface area contributed by atoms with Gasteiger partial charge in [-0.2, -0.15) is 17.5 Å². The van der Waals surface area contributed by atoms with E-state index in [0.29, 0.717) is 5.69 Å². The number of halogens is 3. The van der Waals surface area contributed by atoms with Gasteiger partial charge < -0.3 is 10.2 Å². The number of nitrogens with one attached hydrogen (secondary N) is 1. The molecule has 1 saturated carbocycles. The molecule has 0 unspecified atom stereocenters. The van der Waals surface area contributed by atoms with Crippen molar-refractivity contribution in [1.82, 2.24) is 4.31 Å². The van der Waals surface area contributed by atoms with Gasteiger partial charge >= 0.3 is 6.18 Å². The average molecular weight is 484 g/mol. The zero-order valence-corrected chi connectivity index (χ0v) is 19.6. The summed E-state index contributed by atoms with van der Waals surface area (Å²) < 4.78 is 68.3. The molecule has 1 aliphatic carbocycles. The Morgan fingerprint density at radius 3 is 2.27 bits per heavy atom. The highest BCUT2D eigenvalue weighted by molar-refractivity contribution is 7.89. The summed E-state index contributed by atoms with van der Waals surface area (Å²) in [4.78, 5) is 14.2. The SMILES string of the molecule is CN(C)c1ccc(NC(=O)c2cccc(S(=O)(=O)N(C)C3CCCCC3)c2)c(C(F)(F)F)c1. The summed E-state index contributed by atoms with van der Waals surface area (Å²) in [7, 11) is 0.912. The van der Waals surface area contributed by atoms with Crippen LogP contribution in [0.4, 0.5) is 24.5 Å². The summed E-state index contributed by atoms with van der Waals surface area (Å²) in [5, 5.41) is 2.28. The minimum Gasteiger partial charge on any atom is -0.378 e. The van der Waals surface area contributed by atoms with Crippen LogP contribution in [-0.4, -0.2) is 45.8 Å². The van der Waals surface area contributed by atoms with Crippen LogP contribution < -0.4 is 10.2 Å². The molecule has 1 amide bonds. The molecule has 0 radical (unpaired) electrons. The average Bonchev–Trinajstić information content (AvgIpc) is 2.78. The predicted molar refractivity (Wildman–Crippen MR) is 122 cm³/mol. The Hall–Kier alpha value is -2.59. The first-order valence-electron chi connectivity index (χ1n) is 10.7. The van der Waals surface area contributed by atoms with E-state index in [0.717, 1.165) is 38.2 Å². The fraction of sp³-hybridized carbons (Fsp3) is 0.435. The van der Waals surface area contributed by atoms with Crippen LogP contribution in [-0.2, 0) is 16.2 Å². The van der Waals surface area contributed by atoms with E-state index in [4.69, 9.17) is 0 Å². The van der Waals surface area contributed by atoms with Gasteiger partial charge in [0.05, 0.1) is 16.1 Å². The summed E-state index contributed by atoms with van der Waals surface area (Å²) >= 11 is 0. The van der Waals surface area contributed by atoms with Crippen molar-refractivity contribution in [2.45, 2.75) is 49.2 Å². The number of hydrogen-bond donors (Lipinski definition) is 1. The van der Waals surface area contributed by atoms with E-state index in [2.05, 4.69) is 5.32 Å². The highest BCUT2D eigenvalue weighted by Crippen LogP contribution is 2.37. The summed E-state index contributed by atoms with van der Waals surface area (Å²) in [6, 6.07) is 8.87. The molecule has 0 aromatic heterocycles. The number of anilines is 2. The van der Waals surface area contributed by atoms with Crippen molar-refractivity contribution < 1.29 is 26.4 Å². The highest BCUT2D eigenvalue weighted by atomic mass is 32.2. The van der Waals surface area contributed by atoms with E-state index in [9.17, 15) is 26.4 Å². The maximum atomic E-state index is 13.6. The molecule has 33 heavy (non-hydrogen) atoms. The molecule has 1 N–H and O–H groups in total. The Morgan fingerprint density at radius 2 is 1.67 bits per heavy atom. The Labute approximate surface area is 192 Å². The van der Waals surface area contributed by atoms with E-state index < -0.39 is 33.4 Å². The van der Waals surface area contributed by atoms with Crippen molar-refractivity contribution >= 4 is 27.3 Å². The topological polar surface area (TPSA) is 69.7 Å². The number of alkyl halides is 3. The molecule has 1 aliphatic rings. The largest absolute Gasteiger partial charge is 0.418 e. The lowest BCUT2D eigenvalue weighted by molar-refractivity contribution is -0.136. The molecule has 180 valence electrons. The van der Waals surface area contributed by atoms with Crippen LogP contribution in [0.15, 0.2) is 47.4 Å². The fourth-order valence-electron chi connectivity index (χ4n) is 3.95. The smallest absolute Gasteiger partial charge is 0.378 e. The first kappa shape index (κ1) is 25.0. The molecule has 10 heteroatoms. The third-order valence-electron chi connectivity index (χ3n) is 5.94. The van der Waals surface area contributed by atoms with E-state index in [1.807, 2.05) is 0 Å². The monoisotopic (exact) mass is 483 g/mol. The molecule has 2 aromatic rings. The van der Waals surface area contributed by atoms with Crippen LogP contribution in [0.2, 0.25) is 0 Å². The number of carbonyl (C=O) groups excluding carboxylic acids is 1. The lowest BCUT2D eigenvalue weighted by Gasteiger charge is -2.30. The first-order chi connectivity index (χ1) is 15.4. The minimum atomic E-state index is -4.68. The van der Waals surface area contributed by atoms with Crippen molar-refractivity contribution in [3.63, 3.8) is 0 Å². The van der Waals surface area contributed by atoms with Crippen LogP contribution in [0.1, 0.15) is 48.0 Å². The van der Waals surface area contributed by atoms with Crippen LogP contribution in [0, 0.1) is 0 Å². The Kier molecular flexibility index (Phi) is 7.38. The van der Waals surface area contributed by atoms with Crippen LogP contribution in [0.3, 0.4) is 0 Å². The normalized spacial score (nSPS) is 15.5. The maximum absolute atomic E-state index is 13.6. The van der Waals surface area contributed by atoms with Crippen molar-refractivity contribution in [3.05, 3.63) is 53.6 Å². The number of carbonyl (C=O) groups is 1. The third kappa shape index (κ3) is 5.67. The lowest BCUT2D eigenvalue weighted by atomic mass is 9.96. The van der Waals surface area contributed by atoms with Gasteiger partial charge in [0.15, 0.2) is 0 Å². The molecule has 0 saturated heterocycles. The zero-order chi connectivity index (χ0) is 24.4. The second kappa shape index (κ2) is 9.72. The molecular formula is C23H28F3N3O3S. The Morgan fingerprint density at radius 1 is 1.00 bits per heavy atom. The number of rotatable bonds is 6. The fourth-order valence-corrected chi connectivity index (χ4v) is 5.42. The Bertz CT molecular complexity index is 1110. The Balaban J connectivity index is 1.87. The molecule has 2 aromatic carbocycles. The van der Waals surface area contributed by atoms with Gasteiger partial charge in [-0.05, 0) is 49.2 Å². The number of nitrogens with zero attached hydrogens (tertiary/aromatic N) is 2. The molecule has 3 rings (SSSR count). The summed E-state index contributed by atoms with van der Waals surface area (Å²) in [6.07, 6.45) is -0.127. The van der Waals surface area contributed by atoms with Gasteiger partial charge in [0.2, 0.25) is 10.0 Å². The molecule has 0 bridgehead atoms. The molecular weight excluding hydrogens is 455 g/mol. The molecule has 0 atom stereocenters. The summed E-state index contributed by atoms with van der Waals surface area (Å²) in [6.45, 7) is 0. The number of benzene rings is 2. The van der Waals surface area contributed by atoms with Gasteiger partial charge in [-0.15, -0.1) is 0 Å².